The van der Waals surface area contributed by atoms with Crippen LogP contribution in [0.1, 0.15) is 12.8 Å². The highest BCUT2D eigenvalue weighted by Gasteiger charge is 2.55. The van der Waals surface area contributed by atoms with Crippen molar-refractivity contribution in [3.05, 3.63) is 49.1 Å². The third-order valence-corrected chi connectivity index (χ3v) is 4.38. The van der Waals surface area contributed by atoms with Crippen LogP contribution < -0.4 is 15.8 Å². The maximum atomic E-state index is 12.2. The number of benzene rings is 1. The lowest BCUT2D eigenvalue weighted by molar-refractivity contribution is -0.132. The fourth-order valence-electron chi connectivity index (χ4n) is 2.64. The summed E-state index contributed by atoms with van der Waals surface area (Å²) >= 11 is 0. The first-order valence-corrected chi connectivity index (χ1v) is 8.02. The molecule has 2 aromatic heterocycles. The number of hydrogen-bond acceptors (Lipinski definition) is 6. The average Bonchev–Trinajstić information content (AvgIpc) is 3.46. The minimum absolute atomic E-state index is 0.369. The zero-order chi connectivity index (χ0) is 18.1. The van der Waals surface area contributed by atoms with Gasteiger partial charge in [-0.25, -0.2) is 9.97 Å². The van der Waals surface area contributed by atoms with Crippen molar-refractivity contribution in [3.8, 4) is 11.6 Å². The Bertz CT molecular complexity index is 994. The zero-order valence-corrected chi connectivity index (χ0v) is 13.7. The van der Waals surface area contributed by atoms with Crippen molar-refractivity contribution in [2.24, 2.45) is 11.1 Å². The number of primary amides is 1. The summed E-state index contributed by atoms with van der Waals surface area (Å²) in [7, 11) is 0. The molecule has 1 aliphatic carbocycles. The lowest BCUT2D eigenvalue weighted by Crippen LogP contribution is -2.36. The first-order valence-electron chi connectivity index (χ1n) is 8.02. The van der Waals surface area contributed by atoms with Crippen molar-refractivity contribution >= 4 is 28.4 Å². The summed E-state index contributed by atoms with van der Waals surface area (Å²) in [5.74, 6) is -0.0147. The average molecular weight is 349 g/mol. The number of carbonyl (C=O) groups is 2. The van der Waals surface area contributed by atoms with E-state index in [1.165, 1.54) is 6.33 Å². The van der Waals surface area contributed by atoms with Gasteiger partial charge in [0.05, 0.1) is 10.9 Å². The molecule has 4 rings (SSSR count). The lowest BCUT2D eigenvalue weighted by atomic mass is 10.1. The zero-order valence-electron chi connectivity index (χ0n) is 13.7. The number of nitrogens with one attached hydrogen (secondary N) is 1. The van der Waals surface area contributed by atoms with Crippen molar-refractivity contribution in [2.75, 3.05) is 5.32 Å². The van der Waals surface area contributed by atoms with Gasteiger partial charge in [0.1, 0.15) is 17.5 Å². The first kappa shape index (κ1) is 15.9. The normalized spacial score (nSPS) is 14.6. The van der Waals surface area contributed by atoms with E-state index in [9.17, 15) is 9.59 Å². The Morgan fingerprint density at radius 1 is 1.12 bits per heavy atom. The Morgan fingerprint density at radius 3 is 2.58 bits per heavy atom. The minimum Gasteiger partial charge on any atom is -0.438 e. The predicted octanol–water partition coefficient (Wildman–Crippen LogP) is 2.02. The van der Waals surface area contributed by atoms with Crippen LogP contribution in [0.25, 0.3) is 10.9 Å². The molecule has 0 atom stereocenters. The Balaban J connectivity index is 1.50. The molecule has 0 spiro atoms. The monoisotopic (exact) mass is 349 g/mol. The fourth-order valence-corrected chi connectivity index (χ4v) is 2.64. The van der Waals surface area contributed by atoms with Gasteiger partial charge in [-0.3, -0.25) is 14.6 Å². The number of nitrogens with two attached hydrogens (primary N) is 1. The number of pyridine rings is 1. The van der Waals surface area contributed by atoms with Crippen LogP contribution in [-0.2, 0) is 9.59 Å². The van der Waals surface area contributed by atoms with Crippen LogP contribution >= 0.6 is 0 Å². The summed E-state index contributed by atoms with van der Waals surface area (Å²) in [6.07, 6.45) is 5.69. The van der Waals surface area contributed by atoms with Gasteiger partial charge in [0.2, 0.25) is 17.7 Å². The smallest absolute Gasteiger partial charge is 0.240 e. The Labute approximate surface area is 148 Å². The molecular weight excluding hydrogens is 334 g/mol. The number of nitrogens with zero attached hydrogens (tertiary/aromatic N) is 3. The number of amides is 2. The number of hydrogen-bond donors (Lipinski definition) is 2. The van der Waals surface area contributed by atoms with Crippen LogP contribution in [0.15, 0.2) is 49.1 Å². The highest BCUT2D eigenvalue weighted by molar-refractivity contribution is 6.12. The van der Waals surface area contributed by atoms with E-state index in [-0.39, 0.29) is 5.91 Å². The topological polar surface area (TPSA) is 120 Å². The maximum Gasteiger partial charge on any atom is 0.240 e. The van der Waals surface area contributed by atoms with Gasteiger partial charge in [0.25, 0.3) is 0 Å². The van der Waals surface area contributed by atoms with Gasteiger partial charge < -0.3 is 15.8 Å². The highest BCUT2D eigenvalue weighted by atomic mass is 16.5. The highest BCUT2D eigenvalue weighted by Crippen LogP contribution is 2.46. The van der Waals surface area contributed by atoms with E-state index in [0.717, 1.165) is 5.52 Å². The van der Waals surface area contributed by atoms with E-state index in [4.69, 9.17) is 10.5 Å². The molecule has 2 amide bonds. The number of ether oxygens (including phenoxy) is 1. The van der Waals surface area contributed by atoms with Gasteiger partial charge in [-0.15, -0.1) is 0 Å². The van der Waals surface area contributed by atoms with E-state index in [2.05, 4.69) is 20.3 Å². The summed E-state index contributed by atoms with van der Waals surface area (Å²) in [5, 5.41) is 3.41. The SMILES string of the molecule is NC(=O)C1(C(=O)Nc2ccc(Oc3ncnc4ccncc34)cc2)CC1. The van der Waals surface area contributed by atoms with Crippen LogP contribution in [0.3, 0.4) is 0 Å². The van der Waals surface area contributed by atoms with Crippen molar-refractivity contribution in [1.82, 2.24) is 15.0 Å². The number of anilines is 1. The molecule has 1 saturated carbocycles. The third-order valence-electron chi connectivity index (χ3n) is 4.38. The molecular formula is C18H15N5O3. The first-order chi connectivity index (χ1) is 12.6. The molecule has 1 aliphatic rings. The molecule has 8 nitrogen and oxygen atoms in total. The van der Waals surface area contributed by atoms with E-state index in [1.54, 1.807) is 42.7 Å². The van der Waals surface area contributed by atoms with Crippen LogP contribution in [0.4, 0.5) is 5.69 Å². The molecule has 130 valence electrons. The molecule has 0 bridgehead atoms. The van der Waals surface area contributed by atoms with E-state index < -0.39 is 11.3 Å². The summed E-state index contributed by atoms with van der Waals surface area (Å²) in [6.45, 7) is 0. The van der Waals surface area contributed by atoms with Gasteiger partial charge >= 0.3 is 0 Å². The second-order valence-corrected chi connectivity index (χ2v) is 6.10. The number of fused-ring (bicyclic) bond motifs is 1. The van der Waals surface area contributed by atoms with Crippen LogP contribution in [0.5, 0.6) is 11.6 Å². The number of rotatable bonds is 5. The summed E-state index contributed by atoms with van der Waals surface area (Å²) in [6, 6.07) is 8.54. The standard InChI is InChI=1S/C18H15N5O3/c19-16(24)18(6-7-18)17(25)23-11-1-3-12(4-2-11)26-15-13-9-20-8-5-14(13)21-10-22-15/h1-5,8-10H,6-7H2,(H2,19,24)(H,23,25). The lowest BCUT2D eigenvalue weighted by Gasteiger charge is -2.12. The van der Waals surface area contributed by atoms with Gasteiger partial charge in [0.15, 0.2) is 0 Å². The molecule has 0 radical (unpaired) electrons. The number of carbonyl (C=O) groups excluding carboxylic acids is 2. The largest absolute Gasteiger partial charge is 0.438 e. The molecule has 0 saturated heterocycles. The van der Waals surface area contributed by atoms with Gasteiger partial charge in [-0.05, 0) is 43.2 Å². The summed E-state index contributed by atoms with van der Waals surface area (Å²) in [5.41, 5.74) is 5.54. The molecule has 0 aliphatic heterocycles. The van der Waals surface area contributed by atoms with Crippen LogP contribution in [0, 0.1) is 5.41 Å². The molecule has 3 N–H and O–H groups in total. The van der Waals surface area contributed by atoms with Gasteiger partial charge in [-0.1, -0.05) is 0 Å². The molecule has 8 heteroatoms. The second-order valence-electron chi connectivity index (χ2n) is 6.10. The molecule has 26 heavy (non-hydrogen) atoms. The van der Waals surface area contributed by atoms with Gasteiger partial charge in [0, 0.05) is 18.1 Å². The van der Waals surface area contributed by atoms with Crippen LogP contribution in [-0.4, -0.2) is 26.8 Å². The molecule has 1 fully saturated rings. The van der Waals surface area contributed by atoms with E-state index in [0.29, 0.717) is 35.5 Å². The van der Waals surface area contributed by atoms with Crippen molar-refractivity contribution in [1.29, 1.82) is 0 Å². The number of aromatic nitrogens is 3. The molecule has 0 unspecified atom stereocenters. The molecule has 1 aromatic carbocycles. The third kappa shape index (κ3) is 2.81. The quantitative estimate of drug-likeness (QED) is 0.680. The molecule has 2 heterocycles. The van der Waals surface area contributed by atoms with Crippen molar-refractivity contribution in [2.45, 2.75) is 12.8 Å². The van der Waals surface area contributed by atoms with E-state index in [1.807, 2.05) is 0 Å². The minimum atomic E-state index is -1.05. The van der Waals surface area contributed by atoms with Crippen molar-refractivity contribution < 1.29 is 14.3 Å². The van der Waals surface area contributed by atoms with Crippen molar-refractivity contribution in [3.63, 3.8) is 0 Å². The van der Waals surface area contributed by atoms with E-state index >= 15 is 0 Å². The summed E-state index contributed by atoms with van der Waals surface area (Å²) in [4.78, 5) is 36.0. The second kappa shape index (κ2) is 6.07. The Kier molecular flexibility index (Phi) is 3.72. The van der Waals surface area contributed by atoms with Crippen LogP contribution in [0.2, 0.25) is 0 Å². The fraction of sp³-hybridized carbons (Fsp3) is 0.167. The summed E-state index contributed by atoms with van der Waals surface area (Å²) < 4.78 is 5.79. The maximum absolute atomic E-state index is 12.2. The predicted molar refractivity (Wildman–Crippen MR) is 93.3 cm³/mol. The Hall–Kier alpha value is -3.55. The Morgan fingerprint density at radius 2 is 1.88 bits per heavy atom. The molecule has 3 aromatic rings. The van der Waals surface area contributed by atoms with Gasteiger partial charge in [-0.2, -0.15) is 0 Å².